The van der Waals surface area contributed by atoms with E-state index in [4.69, 9.17) is 11.6 Å². The second-order valence-corrected chi connectivity index (χ2v) is 1.78. The van der Waals surface area contributed by atoms with Gasteiger partial charge in [-0.1, -0.05) is 11.6 Å². The zero-order valence-corrected chi connectivity index (χ0v) is 4.52. The summed E-state index contributed by atoms with van der Waals surface area (Å²) < 4.78 is 3.82. The highest BCUT2D eigenvalue weighted by molar-refractivity contribution is 6.31. The van der Waals surface area contributed by atoms with E-state index in [2.05, 4.69) is 4.67 Å². The molecule has 1 nitrogen and oxygen atoms in total. The second-order valence-electron chi connectivity index (χ2n) is 1.30. The van der Waals surface area contributed by atoms with E-state index < -0.39 is 0 Å². The molecule has 0 spiro atoms. The summed E-state index contributed by atoms with van der Waals surface area (Å²) in [6, 6.07) is 0. The van der Waals surface area contributed by atoms with Gasteiger partial charge in [0, 0.05) is 11.1 Å². The Labute approximate surface area is 47.0 Å². The third-order valence-electron chi connectivity index (χ3n) is 0.733. The number of halogens is 1. The molecule has 1 aliphatic heterocycles. The molecular formula is C5H5ClN+. The van der Waals surface area contributed by atoms with Crippen LogP contribution in [0.4, 0.5) is 0 Å². The van der Waals surface area contributed by atoms with E-state index in [1.165, 1.54) is 0 Å². The smallest absolute Gasteiger partial charge is 0.105 e. The SMILES string of the molecule is ClC1=CC=[N+]=CC1. The number of rotatable bonds is 0. The molecule has 2 heteroatoms. The first-order chi connectivity index (χ1) is 3.39. The van der Waals surface area contributed by atoms with Gasteiger partial charge in [-0.05, 0) is 0 Å². The van der Waals surface area contributed by atoms with Crippen molar-refractivity contribution in [2.45, 2.75) is 6.42 Å². The summed E-state index contributed by atoms with van der Waals surface area (Å²) in [7, 11) is 0. The number of hydrogen-bond donors (Lipinski definition) is 0. The van der Waals surface area contributed by atoms with Crippen molar-refractivity contribution in [1.29, 1.82) is 0 Å². The normalized spacial score (nSPS) is 17.0. The van der Waals surface area contributed by atoms with Gasteiger partial charge in [-0.3, -0.25) is 0 Å². The Morgan fingerprint density at radius 3 is 2.86 bits per heavy atom. The van der Waals surface area contributed by atoms with Crippen molar-refractivity contribution in [2.24, 2.45) is 0 Å². The highest BCUT2D eigenvalue weighted by atomic mass is 35.5. The first kappa shape index (κ1) is 4.63. The van der Waals surface area contributed by atoms with Crippen LogP contribution in [0.1, 0.15) is 6.42 Å². The molecule has 0 atom stereocenters. The van der Waals surface area contributed by atoms with Crippen molar-refractivity contribution in [3.63, 3.8) is 0 Å². The topological polar surface area (TPSA) is 14.1 Å². The zero-order chi connectivity index (χ0) is 5.11. The zero-order valence-electron chi connectivity index (χ0n) is 3.76. The first-order valence-corrected chi connectivity index (χ1v) is 2.47. The van der Waals surface area contributed by atoms with Crippen LogP contribution < -0.4 is 4.67 Å². The lowest BCUT2D eigenvalue weighted by atomic mass is 10.4. The van der Waals surface area contributed by atoms with Crippen LogP contribution in [0.3, 0.4) is 0 Å². The summed E-state index contributed by atoms with van der Waals surface area (Å²) in [6.07, 6.45) is 6.05. The van der Waals surface area contributed by atoms with Crippen molar-refractivity contribution in [3.05, 3.63) is 11.1 Å². The quantitative estimate of drug-likeness (QED) is 0.412. The largest absolute Gasteiger partial charge is 0.293 e. The lowest BCUT2D eigenvalue weighted by molar-refractivity contribution is 1.43. The summed E-state index contributed by atoms with van der Waals surface area (Å²) in [5.74, 6) is 0. The predicted octanol–water partition coefficient (Wildman–Crippen LogP) is 0.722. The van der Waals surface area contributed by atoms with Crippen LogP contribution in [0, 0.1) is 0 Å². The number of hydrogen-bond acceptors (Lipinski definition) is 0. The lowest BCUT2D eigenvalue weighted by Gasteiger charge is -1.80. The minimum absolute atomic E-state index is 0.790. The van der Waals surface area contributed by atoms with E-state index >= 15 is 0 Å². The Balaban J connectivity index is 2.77. The molecule has 0 aliphatic carbocycles. The van der Waals surface area contributed by atoms with Gasteiger partial charge in [0.05, 0.1) is 6.42 Å². The molecule has 0 saturated carbocycles. The van der Waals surface area contributed by atoms with Crippen LogP contribution in [0.5, 0.6) is 0 Å². The summed E-state index contributed by atoms with van der Waals surface area (Å²) in [5.41, 5.74) is 0. The molecule has 0 radical (unpaired) electrons. The van der Waals surface area contributed by atoms with Crippen LogP contribution in [0.2, 0.25) is 0 Å². The van der Waals surface area contributed by atoms with Gasteiger partial charge in [0.15, 0.2) is 0 Å². The van der Waals surface area contributed by atoms with Gasteiger partial charge >= 0.3 is 0 Å². The lowest BCUT2D eigenvalue weighted by Crippen LogP contribution is -1.88. The highest BCUT2D eigenvalue weighted by Crippen LogP contribution is 2.02. The predicted molar refractivity (Wildman–Crippen MR) is 32.8 cm³/mol. The molecule has 0 aromatic heterocycles. The third-order valence-corrected chi connectivity index (χ3v) is 1.01. The van der Waals surface area contributed by atoms with Crippen molar-refractivity contribution in [1.82, 2.24) is 4.67 Å². The number of allylic oxidation sites excluding steroid dienone is 2. The van der Waals surface area contributed by atoms with E-state index in [-0.39, 0.29) is 0 Å². The maximum Gasteiger partial charge on any atom is 0.293 e. The van der Waals surface area contributed by atoms with E-state index in [0.717, 1.165) is 11.5 Å². The third kappa shape index (κ3) is 1.19. The average Bonchev–Trinajstić information content (AvgIpc) is 1.69. The minimum atomic E-state index is 0.790. The molecule has 0 N–H and O–H groups in total. The molecular weight excluding hydrogens is 110 g/mol. The summed E-state index contributed by atoms with van der Waals surface area (Å²) >= 11 is 5.56. The Kier molecular flexibility index (Phi) is 1.30. The van der Waals surface area contributed by atoms with E-state index in [9.17, 15) is 0 Å². The molecule has 0 amide bonds. The summed E-state index contributed by atoms with van der Waals surface area (Å²) in [6.45, 7) is 0. The maximum absolute atomic E-state index is 5.56. The van der Waals surface area contributed by atoms with Gasteiger partial charge in [-0.25, -0.2) is 0 Å². The van der Waals surface area contributed by atoms with Crippen LogP contribution in [-0.4, -0.2) is 12.4 Å². The Hall–Kier alpha value is -0.520. The van der Waals surface area contributed by atoms with Gasteiger partial charge in [0.1, 0.15) is 0 Å². The van der Waals surface area contributed by atoms with Crippen LogP contribution in [0.15, 0.2) is 11.1 Å². The molecule has 0 saturated heterocycles. The fraction of sp³-hybridized carbons (Fsp3) is 0.200. The van der Waals surface area contributed by atoms with Gasteiger partial charge < -0.3 is 0 Å². The molecule has 1 aliphatic rings. The molecule has 0 unspecified atom stereocenters. The maximum atomic E-state index is 5.56. The molecule has 0 aromatic carbocycles. The fourth-order valence-corrected chi connectivity index (χ4v) is 0.518. The summed E-state index contributed by atoms with van der Waals surface area (Å²) in [5, 5.41) is 0.856. The molecule has 0 aromatic rings. The Morgan fingerprint density at radius 2 is 2.57 bits per heavy atom. The first-order valence-electron chi connectivity index (χ1n) is 2.09. The standard InChI is InChI=1S/C5H5ClN/c6-5-1-3-7-4-2-5/h1,3-4H,2H2/q+1. The van der Waals surface area contributed by atoms with Gasteiger partial charge in [0.2, 0.25) is 0 Å². The minimum Gasteiger partial charge on any atom is -0.105 e. The van der Waals surface area contributed by atoms with E-state index in [1.54, 1.807) is 18.5 Å². The highest BCUT2D eigenvalue weighted by Gasteiger charge is 1.96. The van der Waals surface area contributed by atoms with Crippen LogP contribution >= 0.6 is 11.6 Å². The van der Waals surface area contributed by atoms with Crippen molar-refractivity contribution >= 4 is 24.0 Å². The Bertz CT molecular complexity index is 151. The Morgan fingerprint density at radius 1 is 1.71 bits per heavy atom. The van der Waals surface area contributed by atoms with Crippen LogP contribution in [-0.2, 0) is 0 Å². The van der Waals surface area contributed by atoms with E-state index in [0.29, 0.717) is 0 Å². The molecule has 0 bridgehead atoms. The number of nitrogens with zero attached hydrogens (tertiary/aromatic N) is 1. The second kappa shape index (κ2) is 1.97. The molecule has 0 fully saturated rings. The van der Waals surface area contributed by atoms with Crippen molar-refractivity contribution in [3.8, 4) is 0 Å². The molecule has 1 heterocycles. The van der Waals surface area contributed by atoms with Gasteiger partial charge in [-0.15, -0.1) is 4.67 Å². The van der Waals surface area contributed by atoms with Crippen molar-refractivity contribution < 1.29 is 0 Å². The monoisotopic (exact) mass is 114 g/mol. The molecule has 7 heavy (non-hydrogen) atoms. The summed E-state index contributed by atoms with van der Waals surface area (Å²) in [4.78, 5) is 0. The van der Waals surface area contributed by atoms with E-state index in [1.807, 2.05) is 0 Å². The van der Waals surface area contributed by atoms with Crippen LogP contribution in [0.25, 0.3) is 0 Å². The molecule has 36 valence electrons. The molecule has 1 rings (SSSR count). The average molecular weight is 115 g/mol. The fourth-order valence-electron chi connectivity index (χ4n) is 0.393. The van der Waals surface area contributed by atoms with Crippen molar-refractivity contribution in [2.75, 3.05) is 0 Å². The van der Waals surface area contributed by atoms with Gasteiger partial charge in [0.25, 0.3) is 12.4 Å². The van der Waals surface area contributed by atoms with Gasteiger partial charge in [-0.2, -0.15) is 0 Å².